The third-order valence-corrected chi connectivity index (χ3v) is 6.50. The van der Waals surface area contributed by atoms with E-state index in [1.807, 2.05) is 0 Å². The first-order valence-electron chi connectivity index (χ1n) is 13.5. The Morgan fingerprint density at radius 3 is 2.09 bits per heavy atom. The molecule has 3 rings (SSSR count). The SMILES string of the molecule is COC(=O)Oc1cccc(C(=O)N(CCCn2c(=O)oc3c(OC(=O)OC)cccc3c2=O)C(C)CCC(=O)O)c1OC(=O)OC. The summed E-state index contributed by atoms with van der Waals surface area (Å²) in [5, 5.41) is 9.14. The average molecular weight is 647 g/mol. The number of benzene rings is 2. The van der Waals surface area contributed by atoms with E-state index in [1.54, 1.807) is 6.92 Å². The summed E-state index contributed by atoms with van der Waals surface area (Å²) in [5.74, 6) is -3.99. The van der Waals surface area contributed by atoms with Gasteiger partial charge in [0.2, 0.25) is 0 Å². The number of aliphatic carboxylic acids is 1. The van der Waals surface area contributed by atoms with E-state index >= 15 is 0 Å². The van der Waals surface area contributed by atoms with Gasteiger partial charge in [-0.25, -0.2) is 23.7 Å². The zero-order valence-corrected chi connectivity index (χ0v) is 25.1. The van der Waals surface area contributed by atoms with Crippen molar-refractivity contribution < 1.29 is 61.9 Å². The van der Waals surface area contributed by atoms with Crippen LogP contribution in [0.4, 0.5) is 14.4 Å². The summed E-state index contributed by atoms with van der Waals surface area (Å²) in [4.78, 5) is 87.8. The molecule has 1 atom stereocenters. The van der Waals surface area contributed by atoms with Crippen molar-refractivity contribution >= 4 is 41.3 Å². The van der Waals surface area contributed by atoms with Gasteiger partial charge in [0.1, 0.15) is 0 Å². The monoisotopic (exact) mass is 646 g/mol. The summed E-state index contributed by atoms with van der Waals surface area (Å²) in [7, 11) is 3.14. The fourth-order valence-electron chi connectivity index (χ4n) is 4.26. The third-order valence-electron chi connectivity index (χ3n) is 6.50. The van der Waals surface area contributed by atoms with Gasteiger partial charge in [-0.1, -0.05) is 12.1 Å². The Balaban J connectivity index is 1.96. The molecule has 0 fully saturated rings. The van der Waals surface area contributed by atoms with Gasteiger partial charge in [-0.05, 0) is 44.0 Å². The maximum atomic E-state index is 13.9. The molecule has 0 spiro atoms. The highest BCUT2D eigenvalue weighted by atomic mass is 16.7. The van der Waals surface area contributed by atoms with Crippen LogP contribution in [-0.4, -0.2) is 78.8 Å². The van der Waals surface area contributed by atoms with Crippen LogP contribution in [0.5, 0.6) is 17.2 Å². The Morgan fingerprint density at radius 1 is 0.870 bits per heavy atom. The highest BCUT2D eigenvalue weighted by Gasteiger charge is 2.29. The van der Waals surface area contributed by atoms with Gasteiger partial charge in [-0.15, -0.1) is 0 Å². The number of fused-ring (bicyclic) bond motifs is 1. The zero-order chi connectivity index (χ0) is 34.0. The average Bonchev–Trinajstić information content (AvgIpc) is 3.03. The number of carbonyl (C=O) groups excluding carboxylic acids is 4. The van der Waals surface area contributed by atoms with E-state index in [-0.39, 0.29) is 60.4 Å². The van der Waals surface area contributed by atoms with E-state index in [9.17, 15) is 38.7 Å². The molecule has 1 unspecified atom stereocenters. The molecule has 2 aromatic carbocycles. The number of para-hydroxylation sites is 2. The fraction of sp³-hybridized carbons (Fsp3) is 0.345. The molecule has 0 bridgehead atoms. The summed E-state index contributed by atoms with van der Waals surface area (Å²) in [6, 6.07) is 7.20. The molecule has 0 aliphatic carbocycles. The van der Waals surface area contributed by atoms with E-state index in [0.29, 0.717) is 0 Å². The molecule has 17 nitrogen and oxygen atoms in total. The summed E-state index contributed by atoms with van der Waals surface area (Å²) in [5.41, 5.74) is -1.29. The molecule has 0 saturated carbocycles. The predicted molar refractivity (Wildman–Crippen MR) is 154 cm³/mol. The highest BCUT2D eigenvalue weighted by molar-refractivity contribution is 5.99. The molecule has 3 aromatic rings. The van der Waals surface area contributed by atoms with Crippen LogP contribution in [0.1, 0.15) is 36.5 Å². The van der Waals surface area contributed by atoms with Crippen LogP contribution < -0.4 is 25.5 Å². The van der Waals surface area contributed by atoms with Crippen molar-refractivity contribution in [1.82, 2.24) is 9.47 Å². The smallest absolute Gasteiger partial charge is 0.481 e. The van der Waals surface area contributed by atoms with Crippen LogP contribution in [-0.2, 0) is 25.5 Å². The quantitative estimate of drug-likeness (QED) is 0.170. The van der Waals surface area contributed by atoms with E-state index in [4.69, 9.17) is 18.6 Å². The van der Waals surface area contributed by atoms with Gasteiger partial charge in [0, 0.05) is 25.6 Å². The Bertz CT molecular complexity index is 1740. The highest BCUT2D eigenvalue weighted by Crippen LogP contribution is 2.34. The molecule has 0 aliphatic heterocycles. The molecule has 1 amide bonds. The maximum Gasteiger partial charge on any atom is 0.513 e. The van der Waals surface area contributed by atoms with Crippen molar-refractivity contribution in [2.45, 2.75) is 38.8 Å². The van der Waals surface area contributed by atoms with Crippen LogP contribution in [0.2, 0.25) is 0 Å². The minimum atomic E-state index is -1.23. The molecule has 1 N–H and O–H groups in total. The molecule has 246 valence electrons. The van der Waals surface area contributed by atoms with Gasteiger partial charge in [-0.2, -0.15) is 0 Å². The summed E-state index contributed by atoms with van der Waals surface area (Å²) in [6.07, 6.45) is -3.80. The molecular weight excluding hydrogens is 616 g/mol. The Kier molecular flexibility index (Phi) is 11.8. The number of carboxylic acids is 1. The molecular formula is C29H30N2O15. The van der Waals surface area contributed by atoms with Gasteiger partial charge >= 0.3 is 30.2 Å². The Labute approximate surface area is 259 Å². The van der Waals surface area contributed by atoms with E-state index in [1.165, 1.54) is 41.3 Å². The minimum absolute atomic E-state index is 0.00759. The fourth-order valence-corrected chi connectivity index (χ4v) is 4.26. The van der Waals surface area contributed by atoms with Crippen molar-refractivity contribution in [1.29, 1.82) is 0 Å². The van der Waals surface area contributed by atoms with Crippen molar-refractivity contribution in [3.8, 4) is 17.2 Å². The lowest BCUT2D eigenvalue weighted by atomic mass is 10.1. The van der Waals surface area contributed by atoms with Crippen LogP contribution >= 0.6 is 0 Å². The van der Waals surface area contributed by atoms with E-state index in [0.717, 1.165) is 25.9 Å². The number of carboxylic acid groups (broad SMARTS) is 1. The van der Waals surface area contributed by atoms with Crippen molar-refractivity contribution in [3.63, 3.8) is 0 Å². The first-order valence-corrected chi connectivity index (χ1v) is 13.5. The first-order chi connectivity index (χ1) is 21.9. The van der Waals surface area contributed by atoms with E-state index < -0.39 is 53.4 Å². The largest absolute Gasteiger partial charge is 0.513 e. The normalized spacial score (nSPS) is 11.2. The van der Waals surface area contributed by atoms with Gasteiger partial charge in [0.15, 0.2) is 22.8 Å². The van der Waals surface area contributed by atoms with Crippen molar-refractivity contribution in [2.75, 3.05) is 27.9 Å². The van der Waals surface area contributed by atoms with Crippen LogP contribution in [0.25, 0.3) is 11.0 Å². The second kappa shape index (κ2) is 15.7. The van der Waals surface area contributed by atoms with Crippen LogP contribution in [0.3, 0.4) is 0 Å². The number of hydrogen-bond acceptors (Lipinski definition) is 14. The first kappa shape index (κ1) is 34.6. The minimum Gasteiger partial charge on any atom is -0.481 e. The molecule has 0 aliphatic rings. The molecule has 1 heterocycles. The second-order valence-electron chi connectivity index (χ2n) is 9.39. The summed E-state index contributed by atoms with van der Waals surface area (Å²) >= 11 is 0. The van der Waals surface area contributed by atoms with Gasteiger partial charge in [0.25, 0.3) is 11.5 Å². The summed E-state index contributed by atoms with van der Waals surface area (Å²) in [6.45, 7) is 1.20. The van der Waals surface area contributed by atoms with Crippen molar-refractivity contribution in [2.24, 2.45) is 0 Å². The Morgan fingerprint density at radius 2 is 1.46 bits per heavy atom. The number of amides is 1. The number of methoxy groups -OCH3 is 3. The van der Waals surface area contributed by atoms with Crippen LogP contribution in [0.15, 0.2) is 50.4 Å². The number of ether oxygens (including phenoxy) is 6. The lowest BCUT2D eigenvalue weighted by Gasteiger charge is -2.30. The number of hydrogen-bond donors (Lipinski definition) is 1. The summed E-state index contributed by atoms with van der Waals surface area (Å²) < 4.78 is 34.6. The number of carbonyl (C=O) groups is 5. The van der Waals surface area contributed by atoms with Crippen LogP contribution in [0, 0.1) is 0 Å². The molecule has 0 radical (unpaired) electrons. The topological polar surface area (TPSA) is 216 Å². The number of aromatic nitrogens is 1. The number of nitrogens with zero attached hydrogens (tertiary/aromatic N) is 2. The number of rotatable bonds is 12. The molecule has 0 saturated heterocycles. The zero-order valence-electron chi connectivity index (χ0n) is 25.1. The second-order valence-corrected chi connectivity index (χ2v) is 9.39. The third kappa shape index (κ3) is 8.40. The van der Waals surface area contributed by atoms with E-state index in [2.05, 4.69) is 14.2 Å². The van der Waals surface area contributed by atoms with Gasteiger partial charge in [-0.3, -0.25) is 14.4 Å². The standard InChI is InChI=1S/C29H30N2O15/c1-16(12-13-21(32)33)30(24(34)18-9-6-11-20(44-28(38)41-3)23(18)46-29(39)42-4)14-7-15-31-25(35)17-8-5-10-19(43-27(37)40-2)22(17)45-26(31)36/h5-6,8-11,16H,7,12-15H2,1-4H3,(H,32,33). The molecule has 17 heteroatoms. The maximum absolute atomic E-state index is 13.9. The predicted octanol–water partition coefficient (Wildman–Crippen LogP) is 3.18. The van der Waals surface area contributed by atoms with Gasteiger partial charge in [0.05, 0.1) is 32.3 Å². The lowest BCUT2D eigenvalue weighted by molar-refractivity contribution is -0.137. The molecule has 1 aromatic heterocycles. The van der Waals surface area contributed by atoms with Crippen molar-refractivity contribution in [3.05, 3.63) is 62.9 Å². The molecule has 46 heavy (non-hydrogen) atoms. The Hall–Kier alpha value is -5.87. The van der Waals surface area contributed by atoms with Gasteiger partial charge < -0.3 is 42.8 Å². The lowest BCUT2D eigenvalue weighted by Crippen LogP contribution is -2.41.